The van der Waals surface area contributed by atoms with Gasteiger partial charge in [-0.05, 0) is 30.7 Å². The van der Waals surface area contributed by atoms with Crippen LogP contribution in [-0.4, -0.2) is 73.5 Å². The van der Waals surface area contributed by atoms with Crippen molar-refractivity contribution in [1.82, 2.24) is 20.0 Å². The van der Waals surface area contributed by atoms with Crippen molar-refractivity contribution in [2.75, 3.05) is 13.2 Å². The SMILES string of the molecule is O=C(O[C@@H]1[C@@H](n2cc(-c3cc(F)c(F)c(F)c3)nn2)[C@@H](O)[C@@H](CO)O[C@@]12CCCO2)c1cccnc1. The van der Waals surface area contributed by atoms with E-state index >= 15 is 0 Å². The Morgan fingerprint density at radius 3 is 2.69 bits per heavy atom. The van der Waals surface area contributed by atoms with Gasteiger partial charge in [-0.15, -0.1) is 5.10 Å². The molecule has 0 radical (unpaired) electrons. The second-order valence-corrected chi connectivity index (χ2v) is 8.49. The lowest BCUT2D eigenvalue weighted by Gasteiger charge is -2.48. The second-order valence-electron chi connectivity index (χ2n) is 8.49. The molecule has 2 N–H and O–H groups in total. The molecular weight excluding hydrogens is 485 g/mol. The zero-order valence-electron chi connectivity index (χ0n) is 18.6. The Hall–Kier alpha value is -3.39. The summed E-state index contributed by atoms with van der Waals surface area (Å²) in [6, 6.07) is 3.38. The summed E-state index contributed by atoms with van der Waals surface area (Å²) in [5.74, 6) is -6.72. The minimum Gasteiger partial charge on any atom is -0.451 e. The Bertz CT molecular complexity index is 1230. The fraction of sp³-hybridized carbons (Fsp3) is 0.391. The third-order valence-corrected chi connectivity index (χ3v) is 6.25. The fourth-order valence-electron chi connectivity index (χ4n) is 4.53. The maximum atomic E-state index is 13.8. The fourth-order valence-corrected chi connectivity index (χ4v) is 4.53. The van der Waals surface area contributed by atoms with Crippen molar-refractivity contribution in [3.63, 3.8) is 0 Å². The van der Waals surface area contributed by atoms with Crippen LogP contribution in [0.2, 0.25) is 0 Å². The van der Waals surface area contributed by atoms with E-state index in [-0.39, 0.29) is 29.8 Å². The molecular formula is C23H21F3N4O6. The first-order chi connectivity index (χ1) is 17.3. The number of carbonyl (C=O) groups is 1. The van der Waals surface area contributed by atoms with Gasteiger partial charge in [-0.25, -0.2) is 22.6 Å². The van der Waals surface area contributed by atoms with Gasteiger partial charge in [-0.3, -0.25) is 4.98 Å². The van der Waals surface area contributed by atoms with Crippen LogP contribution in [0.1, 0.15) is 29.2 Å². The lowest BCUT2D eigenvalue weighted by atomic mass is 9.88. The third kappa shape index (κ3) is 4.23. The molecule has 0 unspecified atom stereocenters. The second kappa shape index (κ2) is 9.58. The summed E-state index contributed by atoms with van der Waals surface area (Å²) >= 11 is 0. The number of rotatable bonds is 5. The van der Waals surface area contributed by atoms with Gasteiger partial charge in [-0.1, -0.05) is 5.21 Å². The summed E-state index contributed by atoms with van der Waals surface area (Å²) in [4.78, 5) is 16.9. The molecule has 0 saturated carbocycles. The van der Waals surface area contributed by atoms with Gasteiger partial charge < -0.3 is 24.4 Å². The number of carbonyl (C=O) groups excluding carboxylic acids is 1. The van der Waals surface area contributed by atoms with E-state index in [4.69, 9.17) is 14.2 Å². The molecule has 10 nitrogen and oxygen atoms in total. The Labute approximate surface area is 202 Å². The molecule has 3 aromatic rings. The Morgan fingerprint density at radius 1 is 1.28 bits per heavy atom. The van der Waals surface area contributed by atoms with Crippen LogP contribution in [0.4, 0.5) is 13.2 Å². The van der Waals surface area contributed by atoms with Crippen LogP contribution in [0.15, 0.2) is 42.9 Å². The number of ether oxygens (including phenoxy) is 3. The molecule has 2 aliphatic rings. The minimum atomic E-state index is -1.63. The van der Waals surface area contributed by atoms with Crippen molar-refractivity contribution in [2.45, 2.75) is 43.0 Å². The average Bonchev–Trinajstić information content (AvgIpc) is 3.56. The highest BCUT2D eigenvalue weighted by atomic mass is 19.2. The number of halogens is 3. The van der Waals surface area contributed by atoms with Crippen LogP contribution in [-0.2, 0) is 14.2 Å². The van der Waals surface area contributed by atoms with Crippen LogP contribution in [0.5, 0.6) is 0 Å². The van der Waals surface area contributed by atoms with E-state index in [9.17, 15) is 28.2 Å². The van der Waals surface area contributed by atoms with E-state index in [2.05, 4.69) is 15.3 Å². The number of nitrogens with zero attached hydrogens (tertiary/aromatic N) is 4. The molecule has 0 amide bonds. The Morgan fingerprint density at radius 2 is 2.06 bits per heavy atom. The highest BCUT2D eigenvalue weighted by Crippen LogP contribution is 2.45. The normalized spacial score (nSPS) is 27.9. The van der Waals surface area contributed by atoms with Gasteiger partial charge >= 0.3 is 5.97 Å². The number of aliphatic hydroxyl groups is 2. The first-order valence-corrected chi connectivity index (χ1v) is 11.1. The lowest BCUT2D eigenvalue weighted by Crippen LogP contribution is -2.63. The number of esters is 1. The highest BCUT2D eigenvalue weighted by Gasteiger charge is 2.59. The predicted molar refractivity (Wildman–Crippen MR) is 114 cm³/mol. The van der Waals surface area contributed by atoms with Gasteiger partial charge in [0.25, 0.3) is 0 Å². The Balaban J connectivity index is 1.55. The molecule has 4 heterocycles. The molecule has 5 rings (SSSR count). The summed E-state index contributed by atoms with van der Waals surface area (Å²) in [6.45, 7) is -0.305. The van der Waals surface area contributed by atoms with Crippen LogP contribution < -0.4 is 0 Å². The maximum absolute atomic E-state index is 13.8. The number of hydrogen-bond donors (Lipinski definition) is 2. The molecule has 1 aromatic carbocycles. The molecule has 0 bridgehead atoms. The molecule has 36 heavy (non-hydrogen) atoms. The van der Waals surface area contributed by atoms with E-state index in [1.165, 1.54) is 24.7 Å². The van der Waals surface area contributed by atoms with Gasteiger partial charge in [0.2, 0.25) is 5.79 Å². The number of benzene rings is 1. The van der Waals surface area contributed by atoms with Crippen LogP contribution in [0.3, 0.4) is 0 Å². The first kappa shape index (κ1) is 24.3. The van der Waals surface area contributed by atoms with Crippen molar-refractivity contribution in [2.24, 2.45) is 0 Å². The zero-order chi connectivity index (χ0) is 25.4. The topological polar surface area (TPSA) is 129 Å². The van der Waals surface area contributed by atoms with E-state index in [0.29, 0.717) is 6.42 Å². The molecule has 5 atom stereocenters. The quantitative estimate of drug-likeness (QED) is 0.393. The van der Waals surface area contributed by atoms with Gasteiger partial charge in [0.15, 0.2) is 23.6 Å². The molecule has 2 saturated heterocycles. The van der Waals surface area contributed by atoms with Gasteiger partial charge in [-0.2, -0.15) is 0 Å². The van der Waals surface area contributed by atoms with Gasteiger partial charge in [0, 0.05) is 24.4 Å². The van der Waals surface area contributed by atoms with Gasteiger partial charge in [0.05, 0.1) is 25.0 Å². The highest BCUT2D eigenvalue weighted by molar-refractivity contribution is 5.89. The lowest BCUT2D eigenvalue weighted by molar-refractivity contribution is -0.337. The molecule has 2 fully saturated rings. The smallest absolute Gasteiger partial charge is 0.340 e. The Kier molecular flexibility index (Phi) is 6.47. The molecule has 1 spiro atoms. The number of pyridine rings is 1. The molecule has 2 aromatic heterocycles. The molecule has 2 aliphatic heterocycles. The zero-order valence-corrected chi connectivity index (χ0v) is 18.6. The number of aromatic nitrogens is 4. The standard InChI is InChI=1S/C23H21F3N4O6/c24-14-7-13(8-15(25)18(14)26)16-10-30(29-28-16)19-20(32)17(11-31)36-23(4-2-6-34-23)21(19)35-22(33)12-3-1-5-27-9-12/h1,3,5,7-10,17,19-21,31-32H,2,4,6,11H2/t17-,19+,20+,21-,23+/m1/s1. The number of aliphatic hydroxyl groups excluding tert-OH is 2. The molecule has 190 valence electrons. The van der Waals surface area contributed by atoms with Crippen molar-refractivity contribution in [3.8, 4) is 11.3 Å². The summed E-state index contributed by atoms with van der Waals surface area (Å²) in [7, 11) is 0. The molecule has 0 aliphatic carbocycles. The largest absolute Gasteiger partial charge is 0.451 e. The third-order valence-electron chi connectivity index (χ3n) is 6.25. The van der Waals surface area contributed by atoms with Gasteiger partial charge in [0.1, 0.15) is 23.9 Å². The van der Waals surface area contributed by atoms with E-state index in [1.807, 2.05) is 0 Å². The summed E-state index contributed by atoms with van der Waals surface area (Å²) < 4.78 is 59.7. The monoisotopic (exact) mass is 506 g/mol. The maximum Gasteiger partial charge on any atom is 0.340 e. The minimum absolute atomic E-state index is 0.0363. The van der Waals surface area contributed by atoms with Crippen molar-refractivity contribution in [1.29, 1.82) is 0 Å². The van der Waals surface area contributed by atoms with Crippen molar-refractivity contribution < 1.29 is 42.4 Å². The van der Waals surface area contributed by atoms with Crippen LogP contribution in [0.25, 0.3) is 11.3 Å². The van der Waals surface area contributed by atoms with E-state index in [0.717, 1.165) is 16.8 Å². The van der Waals surface area contributed by atoms with E-state index < -0.39 is 60.2 Å². The van der Waals surface area contributed by atoms with Crippen LogP contribution >= 0.6 is 0 Å². The van der Waals surface area contributed by atoms with E-state index in [1.54, 1.807) is 6.07 Å². The average molecular weight is 506 g/mol. The van der Waals surface area contributed by atoms with Crippen molar-refractivity contribution >= 4 is 5.97 Å². The molecule has 13 heteroatoms. The van der Waals surface area contributed by atoms with Crippen molar-refractivity contribution in [3.05, 3.63) is 65.9 Å². The summed E-state index contributed by atoms with van der Waals surface area (Å²) in [5, 5.41) is 28.8. The summed E-state index contributed by atoms with van der Waals surface area (Å²) in [6.07, 6.45) is 1.05. The predicted octanol–water partition coefficient (Wildman–Crippen LogP) is 1.78. The first-order valence-electron chi connectivity index (χ1n) is 11.1. The number of hydrogen-bond acceptors (Lipinski definition) is 9. The summed E-state index contributed by atoms with van der Waals surface area (Å²) in [5.41, 5.74) is -0.000816. The van der Waals surface area contributed by atoms with Crippen LogP contribution in [0, 0.1) is 17.5 Å².